The van der Waals surface area contributed by atoms with Crippen molar-refractivity contribution in [2.75, 3.05) is 40.5 Å². The molecule has 2 atom stereocenters. The van der Waals surface area contributed by atoms with Crippen LogP contribution >= 0.6 is 0 Å². The molecule has 6 heteroatoms. The first kappa shape index (κ1) is 21.2. The first-order valence-electron chi connectivity index (χ1n) is 9.64. The highest BCUT2D eigenvalue weighted by atomic mass is 16.5. The molecule has 0 aromatic heterocycles. The number of nitrogens with one attached hydrogen (secondary N) is 1. The Kier molecular flexibility index (Phi) is 8.10. The molecule has 0 spiro atoms. The van der Waals surface area contributed by atoms with E-state index in [0.29, 0.717) is 38.6 Å². The Hall–Kier alpha value is -2.08. The van der Waals surface area contributed by atoms with E-state index >= 15 is 0 Å². The SMILES string of the molecule is COCCCNC(=O)C1CN(C(=O)CC(C)C)CC1c1cccc(OC)c1. The number of carbonyl (C=O) groups excluding carboxylic acids is 2. The van der Waals surface area contributed by atoms with Crippen molar-refractivity contribution in [2.45, 2.75) is 32.6 Å². The molecule has 1 aromatic rings. The molecule has 150 valence electrons. The summed E-state index contributed by atoms with van der Waals surface area (Å²) in [5, 5.41) is 3.00. The Morgan fingerprint density at radius 1 is 1.26 bits per heavy atom. The molecule has 0 saturated carbocycles. The summed E-state index contributed by atoms with van der Waals surface area (Å²) in [5.74, 6) is 0.897. The molecule has 0 aliphatic carbocycles. The van der Waals surface area contributed by atoms with Crippen molar-refractivity contribution in [3.05, 3.63) is 29.8 Å². The molecule has 0 radical (unpaired) electrons. The minimum Gasteiger partial charge on any atom is -0.497 e. The number of hydrogen-bond acceptors (Lipinski definition) is 4. The number of ether oxygens (including phenoxy) is 2. The van der Waals surface area contributed by atoms with Crippen LogP contribution in [-0.4, -0.2) is 57.2 Å². The molecule has 1 saturated heterocycles. The molecule has 1 aliphatic rings. The second-order valence-electron chi connectivity index (χ2n) is 7.52. The van der Waals surface area contributed by atoms with Gasteiger partial charge in [0.05, 0.1) is 13.0 Å². The third kappa shape index (κ3) is 5.96. The van der Waals surface area contributed by atoms with Crippen molar-refractivity contribution >= 4 is 11.8 Å². The highest BCUT2D eigenvalue weighted by Gasteiger charge is 2.40. The van der Waals surface area contributed by atoms with Crippen molar-refractivity contribution in [2.24, 2.45) is 11.8 Å². The van der Waals surface area contributed by atoms with Crippen molar-refractivity contribution in [1.29, 1.82) is 0 Å². The zero-order valence-electron chi connectivity index (χ0n) is 16.9. The monoisotopic (exact) mass is 376 g/mol. The fourth-order valence-corrected chi connectivity index (χ4v) is 3.52. The zero-order valence-corrected chi connectivity index (χ0v) is 16.9. The summed E-state index contributed by atoms with van der Waals surface area (Å²) in [6.07, 6.45) is 1.28. The molecule has 2 amide bonds. The first-order chi connectivity index (χ1) is 13.0. The van der Waals surface area contributed by atoms with Crippen LogP contribution in [0, 0.1) is 11.8 Å². The minimum atomic E-state index is -0.254. The van der Waals surface area contributed by atoms with E-state index in [0.717, 1.165) is 17.7 Å². The van der Waals surface area contributed by atoms with Gasteiger partial charge in [0.15, 0.2) is 0 Å². The van der Waals surface area contributed by atoms with Crippen molar-refractivity contribution < 1.29 is 19.1 Å². The molecule has 1 fully saturated rings. The minimum absolute atomic E-state index is 0.00114. The smallest absolute Gasteiger partial charge is 0.225 e. The Bertz CT molecular complexity index is 632. The summed E-state index contributed by atoms with van der Waals surface area (Å²) in [4.78, 5) is 27.2. The Balaban J connectivity index is 2.15. The van der Waals surface area contributed by atoms with E-state index in [1.807, 2.05) is 43.0 Å². The summed E-state index contributed by atoms with van der Waals surface area (Å²) in [5.41, 5.74) is 1.03. The maximum Gasteiger partial charge on any atom is 0.225 e. The van der Waals surface area contributed by atoms with E-state index in [9.17, 15) is 9.59 Å². The normalized spacial score (nSPS) is 19.4. The summed E-state index contributed by atoms with van der Waals surface area (Å²) in [6, 6.07) is 7.79. The van der Waals surface area contributed by atoms with Crippen LogP contribution in [0.4, 0.5) is 0 Å². The van der Waals surface area contributed by atoms with Crippen molar-refractivity contribution in [1.82, 2.24) is 10.2 Å². The van der Waals surface area contributed by atoms with E-state index in [1.165, 1.54) is 0 Å². The number of amides is 2. The van der Waals surface area contributed by atoms with Gasteiger partial charge in [0.25, 0.3) is 0 Å². The maximum absolute atomic E-state index is 12.8. The van der Waals surface area contributed by atoms with E-state index in [-0.39, 0.29) is 23.7 Å². The lowest BCUT2D eigenvalue weighted by atomic mass is 9.88. The topological polar surface area (TPSA) is 67.9 Å². The number of likely N-dealkylation sites (tertiary alicyclic amines) is 1. The molecule has 1 heterocycles. The van der Waals surface area contributed by atoms with Gasteiger partial charge in [-0.3, -0.25) is 9.59 Å². The van der Waals surface area contributed by atoms with Crippen LogP contribution in [-0.2, 0) is 14.3 Å². The predicted octanol–water partition coefficient (Wildman–Crippen LogP) is 2.44. The fraction of sp³-hybridized carbons (Fsp3) is 0.619. The lowest BCUT2D eigenvalue weighted by Gasteiger charge is -2.18. The predicted molar refractivity (Wildman–Crippen MR) is 105 cm³/mol. The number of methoxy groups -OCH3 is 2. The van der Waals surface area contributed by atoms with Crippen LogP contribution in [0.3, 0.4) is 0 Å². The number of hydrogen-bond donors (Lipinski definition) is 1. The number of carbonyl (C=O) groups is 2. The second-order valence-corrected chi connectivity index (χ2v) is 7.52. The summed E-state index contributed by atoms with van der Waals surface area (Å²) < 4.78 is 10.4. The second kappa shape index (κ2) is 10.3. The lowest BCUT2D eigenvalue weighted by Crippen LogP contribution is -2.36. The van der Waals surface area contributed by atoms with Crippen LogP contribution in [0.1, 0.15) is 38.2 Å². The van der Waals surface area contributed by atoms with Gasteiger partial charge in [-0.25, -0.2) is 0 Å². The largest absolute Gasteiger partial charge is 0.497 e. The molecule has 6 nitrogen and oxygen atoms in total. The molecular weight excluding hydrogens is 344 g/mol. The average molecular weight is 376 g/mol. The van der Waals surface area contributed by atoms with Gasteiger partial charge in [-0.05, 0) is 30.0 Å². The van der Waals surface area contributed by atoms with Crippen LogP contribution in [0.15, 0.2) is 24.3 Å². The van der Waals surface area contributed by atoms with E-state index in [4.69, 9.17) is 9.47 Å². The van der Waals surface area contributed by atoms with Crippen LogP contribution in [0.25, 0.3) is 0 Å². The van der Waals surface area contributed by atoms with Gasteiger partial charge in [-0.15, -0.1) is 0 Å². The molecule has 1 aliphatic heterocycles. The van der Waals surface area contributed by atoms with Gasteiger partial charge in [0, 0.05) is 45.7 Å². The summed E-state index contributed by atoms with van der Waals surface area (Å²) in [7, 11) is 3.28. The summed E-state index contributed by atoms with van der Waals surface area (Å²) in [6.45, 7) is 6.29. The Morgan fingerprint density at radius 3 is 2.70 bits per heavy atom. The lowest BCUT2D eigenvalue weighted by molar-refractivity contribution is -0.131. The number of benzene rings is 1. The van der Waals surface area contributed by atoms with Gasteiger partial charge in [0.2, 0.25) is 11.8 Å². The van der Waals surface area contributed by atoms with Gasteiger partial charge in [-0.1, -0.05) is 26.0 Å². The molecular formula is C21H32N2O4. The molecule has 2 unspecified atom stereocenters. The molecule has 1 aromatic carbocycles. The zero-order chi connectivity index (χ0) is 19.8. The third-order valence-corrected chi connectivity index (χ3v) is 4.94. The van der Waals surface area contributed by atoms with Crippen LogP contribution in [0.5, 0.6) is 5.75 Å². The van der Waals surface area contributed by atoms with Gasteiger partial charge < -0.3 is 19.7 Å². The van der Waals surface area contributed by atoms with Gasteiger partial charge in [0.1, 0.15) is 5.75 Å². The first-order valence-corrected chi connectivity index (χ1v) is 9.64. The maximum atomic E-state index is 12.8. The highest BCUT2D eigenvalue weighted by molar-refractivity contribution is 5.83. The van der Waals surface area contributed by atoms with Crippen molar-refractivity contribution in [3.8, 4) is 5.75 Å². The van der Waals surface area contributed by atoms with E-state index < -0.39 is 0 Å². The van der Waals surface area contributed by atoms with Crippen molar-refractivity contribution in [3.63, 3.8) is 0 Å². The number of nitrogens with zero attached hydrogens (tertiary/aromatic N) is 1. The number of rotatable bonds is 9. The molecule has 2 rings (SSSR count). The van der Waals surface area contributed by atoms with E-state index in [2.05, 4.69) is 5.32 Å². The van der Waals surface area contributed by atoms with Crippen LogP contribution in [0.2, 0.25) is 0 Å². The summed E-state index contributed by atoms with van der Waals surface area (Å²) >= 11 is 0. The van der Waals surface area contributed by atoms with Gasteiger partial charge in [-0.2, -0.15) is 0 Å². The highest BCUT2D eigenvalue weighted by Crippen LogP contribution is 2.35. The Labute approximate surface area is 162 Å². The standard InChI is InChI=1S/C21H32N2O4/c1-15(2)11-20(24)23-13-18(16-7-5-8-17(12-16)27-4)19(14-23)21(25)22-9-6-10-26-3/h5,7-8,12,15,18-19H,6,9-11,13-14H2,1-4H3,(H,22,25). The Morgan fingerprint density at radius 2 is 2.04 bits per heavy atom. The quantitative estimate of drug-likeness (QED) is 0.672. The average Bonchev–Trinajstić information content (AvgIpc) is 3.10. The molecule has 27 heavy (non-hydrogen) atoms. The fourth-order valence-electron chi connectivity index (χ4n) is 3.52. The molecule has 1 N–H and O–H groups in total. The third-order valence-electron chi connectivity index (χ3n) is 4.94. The van der Waals surface area contributed by atoms with E-state index in [1.54, 1.807) is 14.2 Å². The molecule has 0 bridgehead atoms. The van der Waals surface area contributed by atoms with Crippen LogP contribution < -0.4 is 10.1 Å². The van der Waals surface area contributed by atoms with Gasteiger partial charge >= 0.3 is 0 Å².